The second-order valence-corrected chi connectivity index (χ2v) is 6.82. The van der Waals surface area contributed by atoms with Crippen molar-refractivity contribution in [2.75, 3.05) is 18.5 Å². The lowest BCUT2D eigenvalue weighted by Crippen LogP contribution is -2.52. The molecule has 0 aliphatic carbocycles. The summed E-state index contributed by atoms with van der Waals surface area (Å²) in [7, 11) is 2.26. The van der Waals surface area contributed by atoms with Crippen LogP contribution in [0.2, 0.25) is 0 Å². The molecule has 0 spiro atoms. The Morgan fingerprint density at radius 2 is 1.74 bits per heavy atom. The number of nitrogens with zero attached hydrogens (tertiary/aromatic N) is 1. The predicted octanol–water partition coefficient (Wildman–Crippen LogP) is 3.58. The molecule has 1 aromatic rings. The van der Waals surface area contributed by atoms with Gasteiger partial charge < -0.3 is 10.2 Å². The number of anilines is 1. The van der Waals surface area contributed by atoms with Gasteiger partial charge in [0.2, 0.25) is 0 Å². The molecule has 1 unspecified atom stereocenters. The van der Waals surface area contributed by atoms with Crippen molar-refractivity contribution in [2.24, 2.45) is 0 Å². The van der Waals surface area contributed by atoms with Crippen LogP contribution in [-0.2, 0) is 0 Å². The Balaban J connectivity index is 2.27. The minimum Gasteiger partial charge on any atom is -0.371 e. The van der Waals surface area contributed by atoms with E-state index < -0.39 is 0 Å². The largest absolute Gasteiger partial charge is 0.371 e. The molecule has 0 bridgehead atoms. The minimum absolute atomic E-state index is 0.254. The van der Waals surface area contributed by atoms with E-state index in [2.05, 4.69) is 64.0 Å². The van der Waals surface area contributed by atoms with Gasteiger partial charge in [-0.2, -0.15) is 0 Å². The monoisotopic (exact) mass is 260 g/mol. The van der Waals surface area contributed by atoms with Crippen LogP contribution in [0.1, 0.15) is 43.4 Å². The van der Waals surface area contributed by atoms with Gasteiger partial charge in [-0.05, 0) is 65.1 Å². The molecular weight excluding hydrogens is 232 g/mol. The zero-order chi connectivity index (χ0) is 14.2. The van der Waals surface area contributed by atoms with Crippen LogP contribution in [0.4, 0.5) is 5.69 Å². The van der Waals surface area contributed by atoms with Gasteiger partial charge in [0.05, 0.1) is 0 Å². The number of benzene rings is 1. The van der Waals surface area contributed by atoms with E-state index in [4.69, 9.17) is 0 Å². The molecule has 2 heteroatoms. The Kier molecular flexibility index (Phi) is 3.91. The van der Waals surface area contributed by atoms with Gasteiger partial charge in [-0.1, -0.05) is 17.7 Å². The van der Waals surface area contributed by atoms with E-state index in [0.717, 1.165) is 6.54 Å². The lowest BCUT2D eigenvalue weighted by atomic mass is 9.88. The maximum absolute atomic E-state index is 3.61. The van der Waals surface area contributed by atoms with Crippen LogP contribution in [0.15, 0.2) is 12.1 Å². The molecule has 1 N–H and O–H groups in total. The maximum atomic E-state index is 3.61. The van der Waals surface area contributed by atoms with Crippen LogP contribution in [0.25, 0.3) is 0 Å². The highest BCUT2D eigenvalue weighted by Crippen LogP contribution is 2.31. The van der Waals surface area contributed by atoms with E-state index >= 15 is 0 Å². The average Bonchev–Trinajstić information content (AvgIpc) is 2.25. The number of rotatable bonds is 2. The van der Waals surface area contributed by atoms with Gasteiger partial charge in [-0.3, -0.25) is 0 Å². The van der Waals surface area contributed by atoms with Crippen LogP contribution in [0.5, 0.6) is 0 Å². The number of hydrogen-bond acceptors (Lipinski definition) is 2. The molecule has 0 radical (unpaired) electrons. The van der Waals surface area contributed by atoms with E-state index in [1.807, 2.05) is 0 Å². The number of nitrogens with one attached hydrogen (secondary N) is 1. The molecule has 1 aliphatic rings. The summed E-state index contributed by atoms with van der Waals surface area (Å²) in [4.78, 5) is 2.51. The molecule has 0 amide bonds. The highest BCUT2D eigenvalue weighted by Gasteiger charge is 2.30. The molecule has 106 valence electrons. The van der Waals surface area contributed by atoms with Gasteiger partial charge in [0.25, 0.3) is 0 Å². The van der Waals surface area contributed by atoms with Crippen LogP contribution in [0, 0.1) is 20.8 Å². The summed E-state index contributed by atoms with van der Waals surface area (Å²) in [5.41, 5.74) is 5.84. The van der Waals surface area contributed by atoms with Crippen molar-refractivity contribution < 1.29 is 0 Å². The fourth-order valence-electron chi connectivity index (χ4n) is 3.58. The van der Waals surface area contributed by atoms with E-state index in [-0.39, 0.29) is 5.54 Å². The maximum Gasteiger partial charge on any atom is 0.0425 e. The molecule has 1 saturated heterocycles. The van der Waals surface area contributed by atoms with Crippen molar-refractivity contribution in [1.82, 2.24) is 5.32 Å². The van der Waals surface area contributed by atoms with E-state index in [9.17, 15) is 0 Å². The summed E-state index contributed by atoms with van der Waals surface area (Å²) in [6, 6.07) is 5.23. The molecule has 1 aliphatic heterocycles. The minimum atomic E-state index is 0.254. The SMILES string of the molecule is Cc1cc(C)c(N(C)C2CCNC(C)(C)C2)c(C)c1. The van der Waals surface area contributed by atoms with Crippen LogP contribution >= 0.6 is 0 Å². The first-order valence-electron chi connectivity index (χ1n) is 7.36. The fraction of sp³-hybridized carbons (Fsp3) is 0.647. The third-order valence-corrected chi connectivity index (χ3v) is 4.36. The smallest absolute Gasteiger partial charge is 0.0425 e. The standard InChI is InChI=1S/C17H28N2/c1-12-9-13(2)16(14(3)10-12)19(6)15-7-8-18-17(4,5)11-15/h9-10,15,18H,7-8,11H2,1-6H3. The van der Waals surface area contributed by atoms with E-state index in [1.165, 1.54) is 35.2 Å². The first-order valence-corrected chi connectivity index (χ1v) is 7.36. The van der Waals surface area contributed by atoms with Crippen molar-refractivity contribution in [2.45, 2.75) is 59.0 Å². The fourth-order valence-corrected chi connectivity index (χ4v) is 3.58. The molecule has 2 nitrogen and oxygen atoms in total. The van der Waals surface area contributed by atoms with Gasteiger partial charge in [0.1, 0.15) is 0 Å². The summed E-state index contributed by atoms with van der Waals surface area (Å²) in [6.45, 7) is 12.4. The first-order chi connectivity index (χ1) is 8.80. The molecular formula is C17H28N2. The van der Waals surface area contributed by atoms with E-state index in [1.54, 1.807) is 0 Å². The Morgan fingerprint density at radius 1 is 1.16 bits per heavy atom. The Hall–Kier alpha value is -1.02. The molecule has 1 atom stereocenters. The topological polar surface area (TPSA) is 15.3 Å². The molecule has 2 rings (SSSR count). The molecule has 1 fully saturated rings. The van der Waals surface area contributed by atoms with Gasteiger partial charge in [-0.25, -0.2) is 0 Å². The van der Waals surface area contributed by atoms with Crippen LogP contribution in [0.3, 0.4) is 0 Å². The molecule has 19 heavy (non-hydrogen) atoms. The Morgan fingerprint density at radius 3 is 2.26 bits per heavy atom. The second-order valence-electron chi connectivity index (χ2n) is 6.82. The van der Waals surface area contributed by atoms with Crippen molar-refractivity contribution >= 4 is 5.69 Å². The van der Waals surface area contributed by atoms with Gasteiger partial charge in [-0.15, -0.1) is 0 Å². The van der Waals surface area contributed by atoms with Crippen LogP contribution < -0.4 is 10.2 Å². The Labute approximate surface area is 118 Å². The third kappa shape index (κ3) is 3.11. The lowest BCUT2D eigenvalue weighted by Gasteiger charge is -2.42. The highest BCUT2D eigenvalue weighted by molar-refractivity contribution is 5.60. The normalized spacial score (nSPS) is 22.3. The summed E-state index contributed by atoms with van der Waals surface area (Å²) >= 11 is 0. The van der Waals surface area contributed by atoms with Gasteiger partial charge in [0.15, 0.2) is 0 Å². The lowest BCUT2D eigenvalue weighted by molar-refractivity contribution is 0.271. The number of aryl methyl sites for hydroxylation is 3. The molecule has 1 heterocycles. The van der Waals surface area contributed by atoms with Crippen molar-refractivity contribution in [3.05, 3.63) is 28.8 Å². The molecule has 0 aromatic heterocycles. The average molecular weight is 260 g/mol. The van der Waals surface area contributed by atoms with Crippen molar-refractivity contribution in [3.63, 3.8) is 0 Å². The highest BCUT2D eigenvalue weighted by atomic mass is 15.2. The van der Waals surface area contributed by atoms with Gasteiger partial charge in [0, 0.05) is 24.3 Å². The third-order valence-electron chi connectivity index (χ3n) is 4.36. The molecule has 1 aromatic carbocycles. The summed E-state index contributed by atoms with van der Waals surface area (Å²) in [5.74, 6) is 0. The summed E-state index contributed by atoms with van der Waals surface area (Å²) in [6.07, 6.45) is 2.43. The number of piperidine rings is 1. The number of hydrogen-bond donors (Lipinski definition) is 1. The predicted molar refractivity (Wildman–Crippen MR) is 84.2 cm³/mol. The van der Waals surface area contributed by atoms with Crippen molar-refractivity contribution in [1.29, 1.82) is 0 Å². The zero-order valence-electron chi connectivity index (χ0n) is 13.3. The summed E-state index contributed by atoms with van der Waals surface area (Å²) in [5, 5.41) is 3.61. The quantitative estimate of drug-likeness (QED) is 0.874. The summed E-state index contributed by atoms with van der Waals surface area (Å²) < 4.78 is 0. The Bertz CT molecular complexity index is 439. The second kappa shape index (κ2) is 5.16. The van der Waals surface area contributed by atoms with Gasteiger partial charge >= 0.3 is 0 Å². The van der Waals surface area contributed by atoms with Crippen LogP contribution in [-0.4, -0.2) is 25.2 Å². The zero-order valence-corrected chi connectivity index (χ0v) is 13.3. The molecule has 0 saturated carbocycles. The first kappa shape index (κ1) is 14.4. The van der Waals surface area contributed by atoms with E-state index in [0.29, 0.717) is 6.04 Å². The van der Waals surface area contributed by atoms with Crippen molar-refractivity contribution in [3.8, 4) is 0 Å².